The number of hydrogen-bond donors (Lipinski definition) is 2. The van der Waals surface area contributed by atoms with Crippen LogP contribution in [0.1, 0.15) is 33.6 Å². The molecule has 0 atom stereocenters. The van der Waals surface area contributed by atoms with Gasteiger partial charge in [0.15, 0.2) is 5.96 Å². The lowest BCUT2D eigenvalue weighted by molar-refractivity contribution is 0.146. The number of rotatable bonds is 11. The number of nitrogens with two attached hydrogens (primary N) is 1. The van der Waals surface area contributed by atoms with Gasteiger partial charge >= 0.3 is 0 Å². The number of ether oxygens (including phenoxy) is 1. The standard InChI is InChI=1S/C13H30N4O.HI/c1-4-10-17(5-2)11-9-16-13(14)15-8-7-12-18-6-3;/h4-12H2,1-3H3,(H3,14,15,16);1H. The Morgan fingerprint density at radius 2 is 2.00 bits per heavy atom. The molecule has 0 aliphatic heterocycles. The van der Waals surface area contributed by atoms with E-state index < -0.39 is 0 Å². The highest BCUT2D eigenvalue weighted by Crippen LogP contribution is 1.89. The van der Waals surface area contributed by atoms with E-state index in [-0.39, 0.29) is 24.0 Å². The first-order chi connectivity index (χ1) is 8.74. The second-order valence-corrected chi connectivity index (χ2v) is 4.18. The summed E-state index contributed by atoms with van der Waals surface area (Å²) in [6.07, 6.45) is 2.11. The molecule has 0 aromatic carbocycles. The molecule has 116 valence electrons. The Morgan fingerprint density at radius 1 is 1.26 bits per heavy atom. The van der Waals surface area contributed by atoms with E-state index in [9.17, 15) is 0 Å². The Balaban J connectivity index is 0. The average Bonchev–Trinajstić information content (AvgIpc) is 2.37. The van der Waals surface area contributed by atoms with E-state index in [0.29, 0.717) is 5.96 Å². The van der Waals surface area contributed by atoms with E-state index in [0.717, 1.165) is 52.4 Å². The first-order valence-electron chi connectivity index (χ1n) is 7.08. The number of guanidine groups is 1. The molecule has 0 aromatic rings. The van der Waals surface area contributed by atoms with Crippen LogP contribution in [0.5, 0.6) is 0 Å². The van der Waals surface area contributed by atoms with Crippen LogP contribution in [0, 0.1) is 0 Å². The van der Waals surface area contributed by atoms with Gasteiger partial charge < -0.3 is 20.7 Å². The minimum atomic E-state index is 0. The lowest BCUT2D eigenvalue weighted by atomic mass is 10.4. The number of nitrogens with zero attached hydrogens (tertiary/aromatic N) is 2. The van der Waals surface area contributed by atoms with Crippen molar-refractivity contribution < 1.29 is 4.74 Å². The van der Waals surface area contributed by atoms with Crippen LogP contribution in [-0.2, 0) is 4.74 Å². The zero-order valence-electron chi connectivity index (χ0n) is 12.7. The topological polar surface area (TPSA) is 62.9 Å². The number of likely N-dealkylation sites (N-methyl/N-ethyl adjacent to an activating group) is 1. The van der Waals surface area contributed by atoms with Crippen molar-refractivity contribution in [3.8, 4) is 0 Å². The molecule has 0 rings (SSSR count). The van der Waals surface area contributed by atoms with Crippen molar-refractivity contribution in [3.63, 3.8) is 0 Å². The summed E-state index contributed by atoms with van der Waals surface area (Å²) in [5, 5.41) is 3.14. The van der Waals surface area contributed by atoms with Gasteiger partial charge in [0, 0.05) is 32.8 Å². The number of hydrogen-bond acceptors (Lipinski definition) is 3. The molecule has 0 spiro atoms. The van der Waals surface area contributed by atoms with E-state index in [2.05, 4.69) is 29.1 Å². The highest BCUT2D eigenvalue weighted by molar-refractivity contribution is 14.0. The molecule has 0 aliphatic carbocycles. The molecular weight excluding hydrogens is 355 g/mol. The molecular formula is C13H31IN4O. The van der Waals surface area contributed by atoms with Gasteiger partial charge in [0.05, 0.1) is 0 Å². The number of aliphatic imine (C=N–C) groups is 1. The fraction of sp³-hybridized carbons (Fsp3) is 0.923. The zero-order chi connectivity index (χ0) is 13.6. The second-order valence-electron chi connectivity index (χ2n) is 4.18. The summed E-state index contributed by atoms with van der Waals surface area (Å²) >= 11 is 0. The maximum absolute atomic E-state index is 5.77. The quantitative estimate of drug-likeness (QED) is 0.245. The lowest BCUT2D eigenvalue weighted by Gasteiger charge is -2.19. The van der Waals surface area contributed by atoms with Gasteiger partial charge in [-0.05, 0) is 32.9 Å². The van der Waals surface area contributed by atoms with Gasteiger partial charge in [0.25, 0.3) is 0 Å². The molecule has 6 heteroatoms. The Kier molecular flexibility index (Phi) is 17.8. The molecule has 0 aromatic heterocycles. The minimum Gasteiger partial charge on any atom is -0.382 e. The largest absolute Gasteiger partial charge is 0.382 e. The van der Waals surface area contributed by atoms with Crippen molar-refractivity contribution in [1.82, 2.24) is 10.2 Å². The Labute approximate surface area is 135 Å². The smallest absolute Gasteiger partial charge is 0.188 e. The maximum atomic E-state index is 5.77. The van der Waals surface area contributed by atoms with Crippen LogP contribution in [-0.4, -0.2) is 56.8 Å². The predicted octanol–water partition coefficient (Wildman–Crippen LogP) is 1.67. The van der Waals surface area contributed by atoms with Crippen LogP contribution in [0.4, 0.5) is 0 Å². The second kappa shape index (κ2) is 16.0. The molecule has 0 amide bonds. The molecule has 0 unspecified atom stereocenters. The van der Waals surface area contributed by atoms with E-state index in [1.165, 1.54) is 6.42 Å². The fourth-order valence-corrected chi connectivity index (χ4v) is 1.65. The molecule has 0 aliphatic rings. The Hall–Kier alpha value is -0.0800. The van der Waals surface area contributed by atoms with Gasteiger partial charge in [-0.3, -0.25) is 4.99 Å². The third-order valence-electron chi connectivity index (χ3n) is 2.65. The first-order valence-corrected chi connectivity index (χ1v) is 7.08. The van der Waals surface area contributed by atoms with Crippen molar-refractivity contribution >= 4 is 29.9 Å². The third-order valence-corrected chi connectivity index (χ3v) is 2.65. The molecule has 0 saturated carbocycles. The molecule has 0 bridgehead atoms. The summed E-state index contributed by atoms with van der Waals surface area (Å²) < 4.78 is 5.23. The Morgan fingerprint density at radius 3 is 2.58 bits per heavy atom. The van der Waals surface area contributed by atoms with Crippen molar-refractivity contribution in [2.45, 2.75) is 33.6 Å². The monoisotopic (exact) mass is 386 g/mol. The summed E-state index contributed by atoms with van der Waals surface area (Å²) in [5.41, 5.74) is 5.77. The first kappa shape index (κ1) is 21.2. The van der Waals surface area contributed by atoms with Crippen molar-refractivity contribution in [1.29, 1.82) is 0 Å². The molecule has 0 radical (unpaired) electrons. The van der Waals surface area contributed by atoms with Gasteiger partial charge in [-0.1, -0.05) is 13.8 Å². The van der Waals surface area contributed by atoms with Crippen LogP contribution in [0.3, 0.4) is 0 Å². The summed E-state index contributed by atoms with van der Waals surface area (Å²) in [4.78, 5) is 6.65. The van der Waals surface area contributed by atoms with Crippen molar-refractivity contribution in [2.24, 2.45) is 10.7 Å². The summed E-state index contributed by atoms with van der Waals surface area (Å²) in [6, 6.07) is 0. The highest BCUT2D eigenvalue weighted by Gasteiger charge is 1.99. The van der Waals surface area contributed by atoms with Crippen LogP contribution < -0.4 is 11.1 Å². The van der Waals surface area contributed by atoms with E-state index in [4.69, 9.17) is 10.5 Å². The van der Waals surface area contributed by atoms with E-state index in [1.807, 2.05) is 6.92 Å². The van der Waals surface area contributed by atoms with Crippen LogP contribution in [0.2, 0.25) is 0 Å². The van der Waals surface area contributed by atoms with Gasteiger partial charge in [0.1, 0.15) is 0 Å². The van der Waals surface area contributed by atoms with Crippen LogP contribution in [0.25, 0.3) is 0 Å². The average molecular weight is 386 g/mol. The minimum absolute atomic E-state index is 0. The molecule has 0 saturated heterocycles. The SMILES string of the molecule is CCCN(CC)CCNC(N)=NCCCOCC.I. The molecule has 19 heavy (non-hydrogen) atoms. The van der Waals surface area contributed by atoms with Crippen LogP contribution >= 0.6 is 24.0 Å². The molecule has 0 heterocycles. The normalized spacial score (nSPS) is 11.5. The number of halogens is 1. The highest BCUT2D eigenvalue weighted by atomic mass is 127. The van der Waals surface area contributed by atoms with Gasteiger partial charge in [-0.2, -0.15) is 0 Å². The molecule has 0 fully saturated rings. The fourth-order valence-electron chi connectivity index (χ4n) is 1.65. The van der Waals surface area contributed by atoms with Gasteiger partial charge in [-0.25, -0.2) is 0 Å². The van der Waals surface area contributed by atoms with Crippen molar-refractivity contribution in [2.75, 3.05) is 45.9 Å². The zero-order valence-corrected chi connectivity index (χ0v) is 15.0. The predicted molar refractivity (Wildman–Crippen MR) is 93.4 cm³/mol. The van der Waals surface area contributed by atoms with Gasteiger partial charge in [-0.15, -0.1) is 24.0 Å². The summed E-state index contributed by atoms with van der Waals surface area (Å²) in [6.45, 7) is 12.7. The van der Waals surface area contributed by atoms with E-state index in [1.54, 1.807) is 0 Å². The third kappa shape index (κ3) is 14.1. The molecule has 3 N–H and O–H groups in total. The Bertz CT molecular complexity index is 215. The number of nitrogens with one attached hydrogen (secondary N) is 1. The van der Waals surface area contributed by atoms with Crippen LogP contribution in [0.15, 0.2) is 4.99 Å². The maximum Gasteiger partial charge on any atom is 0.188 e. The van der Waals surface area contributed by atoms with E-state index >= 15 is 0 Å². The summed E-state index contributed by atoms with van der Waals surface area (Å²) in [7, 11) is 0. The molecule has 5 nitrogen and oxygen atoms in total. The lowest BCUT2D eigenvalue weighted by Crippen LogP contribution is -2.38. The summed E-state index contributed by atoms with van der Waals surface area (Å²) in [5.74, 6) is 0.541. The van der Waals surface area contributed by atoms with Gasteiger partial charge in [0.2, 0.25) is 0 Å². The van der Waals surface area contributed by atoms with Crippen molar-refractivity contribution in [3.05, 3.63) is 0 Å².